The van der Waals surface area contributed by atoms with Crippen molar-refractivity contribution in [3.8, 4) is 5.75 Å². The van der Waals surface area contributed by atoms with E-state index in [4.69, 9.17) is 9.47 Å². The molecule has 1 aliphatic heterocycles. The second kappa shape index (κ2) is 10.1. The van der Waals surface area contributed by atoms with Crippen LogP contribution in [0.3, 0.4) is 0 Å². The molecule has 29 heavy (non-hydrogen) atoms. The van der Waals surface area contributed by atoms with Gasteiger partial charge in [-0.2, -0.15) is 0 Å². The maximum atomic E-state index is 10.5. The monoisotopic (exact) mass is 404 g/mol. The summed E-state index contributed by atoms with van der Waals surface area (Å²) in [6, 6.07) is 8.19. The van der Waals surface area contributed by atoms with Crippen LogP contribution in [0.2, 0.25) is 0 Å². The third-order valence-corrected chi connectivity index (χ3v) is 6.69. The van der Waals surface area contributed by atoms with Crippen molar-refractivity contribution in [1.82, 2.24) is 4.90 Å². The first-order valence-corrected chi connectivity index (χ1v) is 11.3. The minimum atomic E-state index is -0.409. The Bertz CT molecular complexity index is 615. The number of aliphatic hydroxyl groups excluding tert-OH is 1. The van der Waals surface area contributed by atoms with Crippen molar-refractivity contribution in [2.24, 2.45) is 11.3 Å². The minimum Gasteiger partial charge on any atom is -0.495 e. The highest BCUT2D eigenvalue weighted by Crippen LogP contribution is 2.38. The first kappa shape index (κ1) is 22.4. The van der Waals surface area contributed by atoms with E-state index in [1.807, 2.05) is 12.1 Å². The zero-order chi connectivity index (χ0) is 20.9. The highest BCUT2D eigenvalue weighted by atomic mass is 16.5. The number of nitrogens with zero attached hydrogens (tertiary/aromatic N) is 2. The standard InChI is InChI=1S/C24H40N2O3/c1-24(2,3)19-9-11-21(12-10-19)29-18-20(27)17-25-13-15-26(16-14-25)22-7-5-6-8-23(22)28-4/h5-8,19-21,27H,9-18H2,1-4H3/t19?,20-,21?/m1/s1. The van der Waals surface area contributed by atoms with Gasteiger partial charge in [-0.25, -0.2) is 0 Å². The number of hydrogen-bond acceptors (Lipinski definition) is 5. The van der Waals surface area contributed by atoms with E-state index in [9.17, 15) is 5.11 Å². The van der Waals surface area contributed by atoms with Crippen molar-refractivity contribution >= 4 is 5.69 Å². The lowest BCUT2D eigenvalue weighted by molar-refractivity contribution is -0.0446. The van der Waals surface area contributed by atoms with Gasteiger partial charge in [0.05, 0.1) is 31.6 Å². The molecule has 3 rings (SSSR count). The molecule has 5 heteroatoms. The summed E-state index contributed by atoms with van der Waals surface area (Å²) >= 11 is 0. The Hall–Kier alpha value is -1.30. The molecule has 0 aromatic heterocycles. The van der Waals surface area contributed by atoms with E-state index in [0.717, 1.165) is 56.4 Å². The molecule has 0 bridgehead atoms. The molecule has 5 nitrogen and oxygen atoms in total. The van der Waals surface area contributed by atoms with Gasteiger partial charge in [0.1, 0.15) is 5.75 Å². The number of β-amino-alcohol motifs (C(OH)–C–C–N with tert-alkyl or cyclic N) is 1. The summed E-state index contributed by atoms with van der Waals surface area (Å²) in [5, 5.41) is 10.5. The number of aliphatic hydroxyl groups is 1. The number of benzene rings is 1. The van der Waals surface area contributed by atoms with E-state index in [1.54, 1.807) is 7.11 Å². The van der Waals surface area contributed by atoms with Gasteiger partial charge in [0, 0.05) is 32.7 Å². The Kier molecular flexibility index (Phi) is 7.83. The molecular weight excluding hydrogens is 364 g/mol. The van der Waals surface area contributed by atoms with Gasteiger partial charge in [-0.15, -0.1) is 0 Å². The first-order valence-electron chi connectivity index (χ1n) is 11.3. The van der Waals surface area contributed by atoms with Crippen molar-refractivity contribution < 1.29 is 14.6 Å². The Morgan fingerprint density at radius 2 is 1.69 bits per heavy atom. The third-order valence-electron chi connectivity index (χ3n) is 6.69. The summed E-state index contributed by atoms with van der Waals surface area (Å²) in [5.74, 6) is 1.72. The Morgan fingerprint density at radius 3 is 2.31 bits per heavy atom. The lowest BCUT2D eigenvalue weighted by Crippen LogP contribution is -2.49. The average molecular weight is 405 g/mol. The van der Waals surface area contributed by atoms with Gasteiger partial charge < -0.3 is 19.5 Å². The summed E-state index contributed by atoms with van der Waals surface area (Å²) in [4.78, 5) is 4.71. The average Bonchev–Trinajstić information content (AvgIpc) is 2.72. The summed E-state index contributed by atoms with van der Waals surface area (Å²) in [7, 11) is 1.72. The number of anilines is 1. The molecule has 0 amide bonds. The zero-order valence-corrected chi connectivity index (χ0v) is 18.8. The smallest absolute Gasteiger partial charge is 0.142 e. The van der Waals surface area contributed by atoms with Crippen molar-refractivity contribution in [1.29, 1.82) is 0 Å². The van der Waals surface area contributed by atoms with E-state index in [0.29, 0.717) is 24.7 Å². The number of para-hydroxylation sites is 2. The van der Waals surface area contributed by atoms with Crippen LogP contribution in [0.1, 0.15) is 46.5 Å². The zero-order valence-electron chi connectivity index (χ0n) is 18.8. The molecule has 164 valence electrons. The topological polar surface area (TPSA) is 45.2 Å². The van der Waals surface area contributed by atoms with E-state index in [1.165, 1.54) is 12.8 Å². The highest BCUT2D eigenvalue weighted by molar-refractivity contribution is 5.58. The summed E-state index contributed by atoms with van der Waals surface area (Å²) in [5.41, 5.74) is 1.56. The van der Waals surface area contributed by atoms with Crippen molar-refractivity contribution in [3.63, 3.8) is 0 Å². The van der Waals surface area contributed by atoms with Gasteiger partial charge in [0.2, 0.25) is 0 Å². The Balaban J connectivity index is 1.35. The van der Waals surface area contributed by atoms with Crippen LogP contribution in [0.5, 0.6) is 5.75 Å². The quantitative estimate of drug-likeness (QED) is 0.749. The molecule has 0 unspecified atom stereocenters. The molecule has 1 atom stereocenters. The van der Waals surface area contributed by atoms with Crippen LogP contribution in [0.25, 0.3) is 0 Å². The first-order chi connectivity index (χ1) is 13.9. The molecule has 1 aromatic carbocycles. The fourth-order valence-corrected chi connectivity index (χ4v) is 4.76. The van der Waals surface area contributed by atoms with Crippen LogP contribution in [-0.4, -0.2) is 68.7 Å². The van der Waals surface area contributed by atoms with Crippen LogP contribution in [0, 0.1) is 11.3 Å². The molecule has 1 heterocycles. The number of hydrogen-bond donors (Lipinski definition) is 1. The normalized spacial score (nSPS) is 25.1. The fraction of sp³-hybridized carbons (Fsp3) is 0.750. The second-order valence-corrected chi connectivity index (χ2v) is 9.79. The largest absolute Gasteiger partial charge is 0.495 e. The third kappa shape index (κ3) is 6.34. The minimum absolute atomic E-state index is 0.325. The van der Waals surface area contributed by atoms with Gasteiger partial charge in [0.15, 0.2) is 0 Å². The Labute approximate surface area is 177 Å². The van der Waals surface area contributed by atoms with Crippen molar-refractivity contribution in [2.75, 3.05) is 51.3 Å². The second-order valence-electron chi connectivity index (χ2n) is 9.79. The number of methoxy groups -OCH3 is 1. The van der Waals surface area contributed by atoms with Crippen molar-refractivity contribution in [3.05, 3.63) is 24.3 Å². The lowest BCUT2D eigenvalue weighted by Gasteiger charge is -2.38. The molecule has 1 N–H and O–H groups in total. The van der Waals surface area contributed by atoms with Crippen LogP contribution in [0.4, 0.5) is 5.69 Å². The van der Waals surface area contributed by atoms with E-state index < -0.39 is 6.10 Å². The molecule has 0 spiro atoms. The Morgan fingerprint density at radius 1 is 1.03 bits per heavy atom. The molecule has 1 aliphatic carbocycles. The van der Waals surface area contributed by atoms with Gasteiger partial charge in [-0.3, -0.25) is 4.90 Å². The predicted octanol–water partition coefficient (Wildman–Crippen LogP) is 3.80. The predicted molar refractivity (Wildman–Crippen MR) is 119 cm³/mol. The molecule has 1 saturated heterocycles. The summed E-state index contributed by atoms with van der Waals surface area (Å²) < 4.78 is 11.6. The molecular formula is C24H40N2O3. The van der Waals surface area contributed by atoms with Gasteiger partial charge in [-0.1, -0.05) is 32.9 Å². The summed E-state index contributed by atoms with van der Waals surface area (Å²) in [6.07, 6.45) is 4.67. The maximum Gasteiger partial charge on any atom is 0.142 e. The SMILES string of the molecule is COc1ccccc1N1CCN(C[C@@H](O)COC2CCC(C(C)(C)C)CC2)CC1. The molecule has 2 fully saturated rings. The van der Waals surface area contributed by atoms with Crippen LogP contribution in [0.15, 0.2) is 24.3 Å². The van der Waals surface area contributed by atoms with Crippen LogP contribution >= 0.6 is 0 Å². The van der Waals surface area contributed by atoms with Crippen molar-refractivity contribution in [2.45, 2.75) is 58.7 Å². The number of piperazine rings is 1. The molecule has 0 radical (unpaired) electrons. The fourth-order valence-electron chi connectivity index (χ4n) is 4.76. The highest BCUT2D eigenvalue weighted by Gasteiger charge is 2.30. The van der Waals surface area contributed by atoms with Gasteiger partial charge >= 0.3 is 0 Å². The van der Waals surface area contributed by atoms with E-state index in [2.05, 4.69) is 42.7 Å². The van der Waals surface area contributed by atoms with E-state index in [-0.39, 0.29) is 0 Å². The number of rotatable bonds is 7. The maximum absolute atomic E-state index is 10.5. The van der Waals surface area contributed by atoms with Crippen LogP contribution < -0.4 is 9.64 Å². The molecule has 1 saturated carbocycles. The molecule has 2 aliphatic rings. The van der Waals surface area contributed by atoms with Gasteiger partial charge in [-0.05, 0) is 49.1 Å². The molecule has 1 aromatic rings. The number of ether oxygens (including phenoxy) is 2. The van der Waals surface area contributed by atoms with Crippen LogP contribution in [-0.2, 0) is 4.74 Å². The summed E-state index contributed by atoms with van der Waals surface area (Å²) in [6.45, 7) is 12.0. The van der Waals surface area contributed by atoms with Gasteiger partial charge in [0.25, 0.3) is 0 Å². The van der Waals surface area contributed by atoms with E-state index >= 15 is 0 Å². The lowest BCUT2D eigenvalue weighted by atomic mass is 9.72.